The molecule has 0 saturated carbocycles. The van der Waals surface area contributed by atoms with E-state index in [2.05, 4.69) is 10.0 Å². The molecule has 2 N–H and O–H groups in total. The lowest BCUT2D eigenvalue weighted by Crippen LogP contribution is -2.57. The third-order valence-electron chi connectivity index (χ3n) is 4.42. The highest BCUT2D eigenvalue weighted by Crippen LogP contribution is 2.34. The SMILES string of the molecule is CC(CSc1ccc(F)cc1)(NS(=O)C(C)(C)C)C(=O)Nc1ccc(C#N)c(C(F)(F)F)c1. The van der Waals surface area contributed by atoms with E-state index in [-0.39, 0.29) is 11.4 Å². The maximum atomic E-state index is 13.3. The molecule has 0 aliphatic rings. The first-order valence-electron chi connectivity index (χ1n) is 9.66. The van der Waals surface area contributed by atoms with Crippen molar-refractivity contribution >= 4 is 34.3 Å². The summed E-state index contributed by atoms with van der Waals surface area (Å²) in [4.78, 5) is 13.8. The van der Waals surface area contributed by atoms with Gasteiger partial charge in [-0.3, -0.25) is 4.79 Å². The fourth-order valence-electron chi connectivity index (χ4n) is 2.48. The van der Waals surface area contributed by atoms with Crippen LogP contribution in [0, 0.1) is 17.1 Å². The highest BCUT2D eigenvalue weighted by molar-refractivity contribution is 7.99. The Balaban J connectivity index is 2.33. The molecule has 0 radical (unpaired) electrons. The van der Waals surface area contributed by atoms with Crippen LogP contribution in [-0.2, 0) is 22.0 Å². The summed E-state index contributed by atoms with van der Waals surface area (Å²) in [7, 11) is -1.68. The Hall–Kier alpha value is -2.42. The maximum absolute atomic E-state index is 13.3. The van der Waals surface area contributed by atoms with E-state index in [0.29, 0.717) is 11.0 Å². The summed E-state index contributed by atoms with van der Waals surface area (Å²) < 4.78 is 67.8. The first-order chi connectivity index (χ1) is 15.2. The number of carbonyl (C=O) groups excluding carboxylic acids is 1. The van der Waals surface area contributed by atoms with Gasteiger partial charge in [-0.1, -0.05) is 0 Å². The number of halogens is 4. The molecule has 0 bridgehead atoms. The zero-order chi connectivity index (χ0) is 25.0. The van der Waals surface area contributed by atoms with Crippen molar-refractivity contribution in [3.05, 3.63) is 59.4 Å². The number of nitriles is 1. The van der Waals surface area contributed by atoms with E-state index >= 15 is 0 Å². The van der Waals surface area contributed by atoms with Gasteiger partial charge in [-0.15, -0.1) is 11.8 Å². The quantitative estimate of drug-likeness (QED) is 0.401. The first-order valence-corrected chi connectivity index (χ1v) is 11.8. The summed E-state index contributed by atoms with van der Waals surface area (Å²) in [6, 6.07) is 9.90. The lowest BCUT2D eigenvalue weighted by Gasteiger charge is -2.32. The van der Waals surface area contributed by atoms with Gasteiger partial charge in [0.1, 0.15) is 11.4 Å². The molecule has 0 aliphatic carbocycles. The number of anilines is 1. The summed E-state index contributed by atoms with van der Waals surface area (Å²) in [5, 5.41) is 11.4. The van der Waals surface area contributed by atoms with Gasteiger partial charge in [0.15, 0.2) is 0 Å². The first kappa shape index (κ1) is 26.8. The maximum Gasteiger partial charge on any atom is 0.417 e. The van der Waals surface area contributed by atoms with Crippen LogP contribution >= 0.6 is 11.8 Å². The smallest absolute Gasteiger partial charge is 0.324 e. The third-order valence-corrected chi connectivity index (χ3v) is 7.50. The number of nitrogens with zero attached hydrogens (tertiary/aromatic N) is 1. The molecule has 5 nitrogen and oxygen atoms in total. The van der Waals surface area contributed by atoms with Crippen molar-refractivity contribution in [2.24, 2.45) is 0 Å². The predicted octanol–water partition coefficient (Wildman–Crippen LogP) is 5.26. The van der Waals surface area contributed by atoms with Gasteiger partial charge in [-0.25, -0.2) is 13.3 Å². The fourth-order valence-corrected chi connectivity index (χ4v) is 4.44. The van der Waals surface area contributed by atoms with Crippen molar-refractivity contribution in [1.29, 1.82) is 5.26 Å². The number of rotatable bonds is 7. The summed E-state index contributed by atoms with van der Waals surface area (Å²) in [6.45, 7) is 6.60. The molecule has 2 aromatic rings. The van der Waals surface area contributed by atoms with Crippen molar-refractivity contribution in [2.75, 3.05) is 11.1 Å². The lowest BCUT2D eigenvalue weighted by atomic mass is 10.0. The van der Waals surface area contributed by atoms with Gasteiger partial charge in [-0.05, 0) is 70.2 Å². The van der Waals surface area contributed by atoms with Crippen molar-refractivity contribution in [3.63, 3.8) is 0 Å². The minimum atomic E-state index is -4.78. The molecule has 178 valence electrons. The van der Waals surface area contributed by atoms with Crippen LogP contribution in [0.15, 0.2) is 47.4 Å². The van der Waals surface area contributed by atoms with E-state index in [1.807, 2.05) is 0 Å². The van der Waals surface area contributed by atoms with Crippen LogP contribution in [0.2, 0.25) is 0 Å². The number of thioether (sulfide) groups is 1. The summed E-state index contributed by atoms with van der Waals surface area (Å²) >= 11 is 1.19. The van der Waals surface area contributed by atoms with Gasteiger partial charge in [0.05, 0.1) is 32.9 Å². The second kappa shape index (κ2) is 10.2. The number of carbonyl (C=O) groups is 1. The van der Waals surface area contributed by atoms with Gasteiger partial charge >= 0.3 is 6.18 Å². The highest BCUT2D eigenvalue weighted by atomic mass is 32.2. The molecule has 2 atom stereocenters. The molecule has 0 saturated heterocycles. The minimum absolute atomic E-state index is 0.0503. The van der Waals surface area contributed by atoms with Gasteiger partial charge in [0, 0.05) is 16.3 Å². The van der Waals surface area contributed by atoms with E-state index in [1.165, 1.54) is 55.1 Å². The Kier molecular flexibility index (Phi) is 8.32. The van der Waals surface area contributed by atoms with Crippen LogP contribution in [0.5, 0.6) is 0 Å². The number of alkyl halides is 3. The monoisotopic (exact) mass is 501 g/mol. The topological polar surface area (TPSA) is 82.0 Å². The molecule has 0 aliphatic heterocycles. The number of benzene rings is 2. The predicted molar refractivity (Wildman–Crippen MR) is 121 cm³/mol. The summed E-state index contributed by atoms with van der Waals surface area (Å²) in [6.07, 6.45) is -4.78. The van der Waals surface area contributed by atoms with E-state index in [0.717, 1.165) is 6.07 Å². The second-order valence-corrected chi connectivity index (χ2v) is 11.4. The number of hydrogen-bond acceptors (Lipinski definition) is 4. The Bertz CT molecular complexity index is 1080. The summed E-state index contributed by atoms with van der Waals surface area (Å²) in [5.74, 6) is -1.09. The molecule has 33 heavy (non-hydrogen) atoms. The second-order valence-electron chi connectivity index (χ2n) is 8.38. The third kappa shape index (κ3) is 7.28. The van der Waals surface area contributed by atoms with E-state index in [1.54, 1.807) is 20.8 Å². The Labute approximate surface area is 196 Å². The number of amides is 1. The van der Waals surface area contributed by atoms with Gasteiger partial charge in [0.2, 0.25) is 5.91 Å². The highest BCUT2D eigenvalue weighted by Gasteiger charge is 2.39. The Morgan fingerprint density at radius 1 is 1.09 bits per heavy atom. The molecule has 11 heteroatoms. The number of hydrogen-bond donors (Lipinski definition) is 2. The molecule has 0 aromatic heterocycles. The molecular formula is C22H23F4N3O2S2. The Morgan fingerprint density at radius 3 is 2.21 bits per heavy atom. The molecule has 1 amide bonds. The fraction of sp³-hybridized carbons (Fsp3) is 0.364. The van der Waals surface area contributed by atoms with Crippen LogP contribution < -0.4 is 10.0 Å². The van der Waals surface area contributed by atoms with Crippen molar-refractivity contribution in [1.82, 2.24) is 4.72 Å². The standard InChI is InChI=1S/C22H23F4N3O2S2/c1-20(2,3)33(31)29-21(4,13-32-17-9-6-15(23)7-10-17)19(30)28-16-8-5-14(12-27)18(11-16)22(24,25)26/h5-11,29H,13H2,1-4H3,(H,28,30). The summed E-state index contributed by atoms with van der Waals surface area (Å²) in [5.41, 5.74) is -3.37. The zero-order valence-electron chi connectivity index (χ0n) is 18.3. The zero-order valence-corrected chi connectivity index (χ0v) is 20.0. The van der Waals surface area contributed by atoms with Crippen LogP contribution in [0.1, 0.15) is 38.8 Å². The Morgan fingerprint density at radius 2 is 1.70 bits per heavy atom. The van der Waals surface area contributed by atoms with Crippen LogP contribution in [0.3, 0.4) is 0 Å². The van der Waals surface area contributed by atoms with Crippen molar-refractivity contribution < 1.29 is 26.6 Å². The number of nitrogens with one attached hydrogen (secondary N) is 2. The molecule has 2 unspecified atom stereocenters. The molecule has 2 aromatic carbocycles. The van der Waals surface area contributed by atoms with Gasteiger partial charge in [-0.2, -0.15) is 18.4 Å². The van der Waals surface area contributed by atoms with Crippen molar-refractivity contribution in [3.8, 4) is 6.07 Å². The molecular weight excluding hydrogens is 478 g/mol. The molecule has 0 fully saturated rings. The average molecular weight is 502 g/mol. The van der Waals surface area contributed by atoms with Crippen LogP contribution in [0.25, 0.3) is 0 Å². The minimum Gasteiger partial charge on any atom is -0.324 e. The largest absolute Gasteiger partial charge is 0.417 e. The van der Waals surface area contributed by atoms with Gasteiger partial charge in [0.25, 0.3) is 0 Å². The molecule has 2 rings (SSSR count). The van der Waals surface area contributed by atoms with E-state index in [4.69, 9.17) is 5.26 Å². The molecule has 0 heterocycles. The molecule has 0 spiro atoms. The normalized spacial score (nSPS) is 14.8. The van der Waals surface area contributed by atoms with Crippen LogP contribution in [0.4, 0.5) is 23.2 Å². The van der Waals surface area contributed by atoms with Crippen LogP contribution in [-0.4, -0.2) is 26.2 Å². The van der Waals surface area contributed by atoms with Crippen molar-refractivity contribution in [2.45, 2.75) is 49.1 Å². The average Bonchev–Trinajstić information content (AvgIpc) is 2.72. The van der Waals surface area contributed by atoms with Gasteiger partial charge < -0.3 is 5.32 Å². The lowest BCUT2D eigenvalue weighted by molar-refractivity contribution is -0.137. The van der Waals surface area contributed by atoms with E-state index in [9.17, 15) is 26.6 Å². The van der Waals surface area contributed by atoms with E-state index < -0.39 is 50.3 Å².